The van der Waals surface area contributed by atoms with Crippen LogP contribution < -0.4 is 20.3 Å². The number of amides is 1. The molecular weight excluding hydrogens is 462 g/mol. The molecule has 0 bridgehead atoms. The highest BCUT2D eigenvalue weighted by Crippen LogP contribution is 2.31. The van der Waals surface area contributed by atoms with Gasteiger partial charge >= 0.3 is 0 Å². The number of carbonyl (C=O) groups excluding carboxylic acids is 1. The summed E-state index contributed by atoms with van der Waals surface area (Å²) < 4.78 is 13.2. The molecule has 8 heteroatoms. The summed E-state index contributed by atoms with van der Waals surface area (Å²) in [5.74, 6) is 1.06. The molecule has 1 aromatic heterocycles. The Hall–Kier alpha value is -3.13. The van der Waals surface area contributed by atoms with Crippen molar-refractivity contribution < 1.29 is 14.3 Å². The third-order valence-corrected chi connectivity index (χ3v) is 6.72. The lowest BCUT2D eigenvalue weighted by Crippen LogP contribution is -2.34. The lowest BCUT2D eigenvalue weighted by Gasteiger charge is -2.16. The van der Waals surface area contributed by atoms with Crippen molar-refractivity contribution in [2.45, 2.75) is 65.0 Å². The van der Waals surface area contributed by atoms with Gasteiger partial charge in [0.2, 0.25) is 0 Å². The summed E-state index contributed by atoms with van der Waals surface area (Å²) in [4.78, 5) is 29.2. The highest BCUT2D eigenvalue weighted by Gasteiger charge is 2.16. The van der Waals surface area contributed by atoms with Gasteiger partial charge in [-0.05, 0) is 62.7 Å². The van der Waals surface area contributed by atoms with Crippen LogP contribution in [0.25, 0.3) is 10.9 Å². The molecule has 0 radical (unpaired) electrons. The topological polar surface area (TPSA) is 85.4 Å². The number of ether oxygens (including phenoxy) is 2. The molecule has 0 aliphatic heterocycles. The Bertz CT molecular complexity index is 1290. The van der Waals surface area contributed by atoms with E-state index in [1.165, 1.54) is 30.3 Å². The van der Waals surface area contributed by atoms with Gasteiger partial charge in [-0.2, -0.15) is 0 Å². The summed E-state index contributed by atoms with van der Waals surface area (Å²) in [6.45, 7) is 5.02. The van der Waals surface area contributed by atoms with Crippen molar-refractivity contribution in [3.8, 4) is 11.5 Å². The quantitative estimate of drug-likeness (QED) is 0.325. The zero-order valence-electron chi connectivity index (χ0n) is 20.4. The zero-order valence-corrected chi connectivity index (χ0v) is 21.2. The van der Waals surface area contributed by atoms with Crippen LogP contribution in [0.2, 0.25) is 0 Å². The van der Waals surface area contributed by atoms with Crippen LogP contribution in [0.15, 0.2) is 41.2 Å². The summed E-state index contributed by atoms with van der Waals surface area (Å²) in [6, 6.07) is 11.1. The van der Waals surface area contributed by atoms with Crippen LogP contribution in [0.5, 0.6) is 11.5 Å². The van der Waals surface area contributed by atoms with E-state index in [4.69, 9.17) is 21.7 Å². The minimum absolute atomic E-state index is 0.0443. The van der Waals surface area contributed by atoms with Gasteiger partial charge in [-0.25, -0.2) is 0 Å². The first kappa shape index (κ1) is 25.0. The number of fused-ring (bicyclic) bond motifs is 1. The average molecular weight is 496 g/mol. The van der Waals surface area contributed by atoms with Crippen LogP contribution in [0, 0.1) is 4.77 Å². The Morgan fingerprint density at radius 3 is 2.29 bits per heavy atom. The smallest absolute Gasteiger partial charge is 0.262 e. The molecule has 1 heterocycles. The second-order valence-electron chi connectivity index (χ2n) is 8.89. The molecule has 186 valence electrons. The van der Waals surface area contributed by atoms with E-state index < -0.39 is 0 Å². The van der Waals surface area contributed by atoms with E-state index in [2.05, 4.69) is 10.3 Å². The minimum Gasteiger partial charge on any atom is -0.490 e. The Kier molecular flexibility index (Phi) is 8.23. The number of hydrogen-bond acceptors (Lipinski definition) is 5. The van der Waals surface area contributed by atoms with Gasteiger partial charge in [0.1, 0.15) is 0 Å². The van der Waals surface area contributed by atoms with Gasteiger partial charge in [-0.1, -0.05) is 37.8 Å². The number of rotatable bonds is 8. The fourth-order valence-corrected chi connectivity index (χ4v) is 4.83. The average Bonchev–Trinajstić information content (AvgIpc) is 3.12. The van der Waals surface area contributed by atoms with Crippen LogP contribution >= 0.6 is 12.2 Å². The van der Waals surface area contributed by atoms with E-state index in [1.54, 1.807) is 12.1 Å². The van der Waals surface area contributed by atoms with Crippen molar-refractivity contribution in [2.24, 2.45) is 0 Å². The maximum atomic E-state index is 13.3. The molecule has 0 saturated heterocycles. The molecule has 1 aliphatic rings. The third kappa shape index (κ3) is 5.93. The van der Waals surface area contributed by atoms with Gasteiger partial charge in [0.05, 0.1) is 30.7 Å². The first-order chi connectivity index (χ1) is 17.0. The summed E-state index contributed by atoms with van der Waals surface area (Å²) in [6.07, 6.45) is 6.93. The van der Waals surface area contributed by atoms with Gasteiger partial charge in [-0.3, -0.25) is 14.2 Å². The third-order valence-electron chi connectivity index (χ3n) is 6.39. The Morgan fingerprint density at radius 2 is 1.66 bits per heavy atom. The van der Waals surface area contributed by atoms with Crippen LogP contribution in [-0.4, -0.2) is 34.7 Å². The second kappa shape index (κ2) is 11.5. The molecule has 2 aromatic carbocycles. The van der Waals surface area contributed by atoms with E-state index in [9.17, 15) is 9.59 Å². The number of benzene rings is 2. The lowest BCUT2D eigenvalue weighted by atomic mass is 10.1. The molecule has 1 saturated carbocycles. The van der Waals surface area contributed by atoms with E-state index in [-0.39, 0.29) is 17.5 Å². The Morgan fingerprint density at radius 1 is 1.03 bits per heavy atom. The first-order valence-electron chi connectivity index (χ1n) is 12.5. The minimum atomic E-state index is -0.206. The predicted molar refractivity (Wildman–Crippen MR) is 140 cm³/mol. The number of hydrogen-bond donors (Lipinski definition) is 2. The maximum absolute atomic E-state index is 13.3. The molecule has 3 aromatic rings. The highest BCUT2D eigenvalue weighted by molar-refractivity contribution is 7.71. The van der Waals surface area contributed by atoms with Gasteiger partial charge in [-0.15, -0.1) is 0 Å². The molecule has 35 heavy (non-hydrogen) atoms. The van der Waals surface area contributed by atoms with Gasteiger partial charge in [0, 0.05) is 17.7 Å². The first-order valence-corrected chi connectivity index (χ1v) is 12.9. The molecule has 1 amide bonds. The molecule has 4 rings (SSSR count). The van der Waals surface area contributed by atoms with Crippen molar-refractivity contribution in [2.75, 3.05) is 13.2 Å². The summed E-state index contributed by atoms with van der Waals surface area (Å²) >= 11 is 5.50. The number of aromatic amines is 1. The van der Waals surface area contributed by atoms with E-state index in [0.29, 0.717) is 52.5 Å². The zero-order chi connectivity index (χ0) is 24.8. The molecule has 1 aliphatic carbocycles. The molecule has 0 unspecified atom stereocenters. The van der Waals surface area contributed by atoms with Crippen molar-refractivity contribution >= 4 is 29.0 Å². The highest BCUT2D eigenvalue weighted by atomic mass is 32.1. The van der Waals surface area contributed by atoms with E-state index >= 15 is 0 Å². The van der Waals surface area contributed by atoms with E-state index in [0.717, 1.165) is 18.4 Å². The number of carbonyl (C=O) groups is 1. The summed E-state index contributed by atoms with van der Waals surface area (Å²) in [7, 11) is 0. The fourth-order valence-electron chi connectivity index (χ4n) is 4.58. The van der Waals surface area contributed by atoms with Crippen molar-refractivity contribution in [1.29, 1.82) is 0 Å². The van der Waals surface area contributed by atoms with Crippen LogP contribution in [0.4, 0.5) is 0 Å². The van der Waals surface area contributed by atoms with Crippen molar-refractivity contribution in [3.05, 3.63) is 62.6 Å². The van der Waals surface area contributed by atoms with Crippen LogP contribution in [0.3, 0.4) is 0 Å². The fraction of sp³-hybridized carbons (Fsp3) is 0.444. The maximum Gasteiger partial charge on any atom is 0.262 e. The number of aromatic nitrogens is 2. The molecule has 1 fully saturated rings. The lowest BCUT2D eigenvalue weighted by molar-refractivity contribution is 0.0933. The molecular formula is C27H33N3O4S. The molecule has 7 nitrogen and oxygen atoms in total. The number of nitrogens with zero attached hydrogens (tertiary/aromatic N) is 1. The van der Waals surface area contributed by atoms with Crippen LogP contribution in [0.1, 0.15) is 68.3 Å². The van der Waals surface area contributed by atoms with Crippen molar-refractivity contribution in [3.63, 3.8) is 0 Å². The Balaban J connectivity index is 1.55. The standard InChI is InChI=1S/C27H33N3O4S/c1-3-33-23-15-21-22(16-24(23)34-4-2)29-27(35)30(26(21)32)17-18-11-13-19(14-12-18)25(31)28-20-9-7-5-6-8-10-20/h11-16,20H,3-10,17H2,1-2H3,(H,28,31)(H,29,35). The number of nitrogens with one attached hydrogen (secondary N) is 2. The Labute approximate surface area is 210 Å². The van der Waals surface area contributed by atoms with E-state index in [1.807, 2.05) is 38.1 Å². The van der Waals surface area contributed by atoms with Crippen LogP contribution in [-0.2, 0) is 6.54 Å². The monoisotopic (exact) mass is 495 g/mol. The largest absolute Gasteiger partial charge is 0.490 e. The molecule has 2 N–H and O–H groups in total. The van der Waals surface area contributed by atoms with Crippen molar-refractivity contribution in [1.82, 2.24) is 14.9 Å². The predicted octanol–water partition coefficient (Wildman–Crippen LogP) is 5.36. The number of H-pyrrole nitrogens is 1. The van der Waals surface area contributed by atoms with Gasteiger partial charge < -0.3 is 19.8 Å². The van der Waals surface area contributed by atoms with Gasteiger partial charge in [0.25, 0.3) is 11.5 Å². The summed E-state index contributed by atoms with van der Waals surface area (Å²) in [5.41, 5.74) is 1.91. The summed E-state index contributed by atoms with van der Waals surface area (Å²) in [5, 5.41) is 3.65. The SMILES string of the molecule is CCOc1cc2[nH]c(=S)n(Cc3ccc(C(=O)NC4CCCCCC4)cc3)c(=O)c2cc1OCC. The van der Waals surface area contributed by atoms with Gasteiger partial charge in [0.15, 0.2) is 16.3 Å². The normalized spacial score (nSPS) is 14.5. The second-order valence-corrected chi connectivity index (χ2v) is 9.28. The molecule has 0 atom stereocenters. The molecule has 0 spiro atoms.